The number of rotatable bonds is 13. The van der Waals surface area contributed by atoms with Gasteiger partial charge in [0.25, 0.3) is 0 Å². The number of carboxylic acid groups (broad SMARTS) is 1. The van der Waals surface area contributed by atoms with Crippen molar-refractivity contribution in [2.75, 3.05) is 53.9 Å². The zero-order chi connectivity index (χ0) is 26.1. The van der Waals surface area contributed by atoms with Crippen molar-refractivity contribution in [3.63, 3.8) is 0 Å². The standard InChI is InChI=1S/C28H37N3O5/c1-31(2,3)18-10-4-5-15-26(32)30(19-27(33)34)17-16-29-28(35)36-20-25-23-13-8-6-11-21(23)22-12-7-9-14-24(22)25/h6-9,11-14,25H,4-5,10,15-20H2,1-3H3,(H-,29,33,34,35)/p+1. The van der Waals surface area contributed by atoms with Gasteiger partial charge in [-0.15, -0.1) is 0 Å². The molecule has 0 saturated carbocycles. The number of amides is 2. The topological polar surface area (TPSA) is 95.9 Å². The fourth-order valence-corrected chi connectivity index (χ4v) is 4.59. The number of benzene rings is 2. The number of carboxylic acids is 1. The number of hydrogen-bond acceptors (Lipinski definition) is 4. The molecule has 1 aliphatic carbocycles. The minimum atomic E-state index is -1.07. The summed E-state index contributed by atoms with van der Waals surface area (Å²) in [5, 5.41) is 11.9. The van der Waals surface area contributed by atoms with Crippen LogP contribution in [0.1, 0.15) is 42.7 Å². The van der Waals surface area contributed by atoms with Crippen molar-refractivity contribution >= 4 is 18.0 Å². The number of ether oxygens (including phenoxy) is 1. The number of carbonyl (C=O) groups is 3. The quantitative estimate of drug-likeness (QED) is 0.326. The lowest BCUT2D eigenvalue weighted by Crippen LogP contribution is -2.41. The summed E-state index contributed by atoms with van der Waals surface area (Å²) < 4.78 is 6.39. The van der Waals surface area contributed by atoms with E-state index in [1.54, 1.807) is 0 Å². The summed E-state index contributed by atoms with van der Waals surface area (Å²) in [6, 6.07) is 16.2. The second-order valence-corrected chi connectivity index (χ2v) is 10.3. The highest BCUT2D eigenvalue weighted by Gasteiger charge is 2.29. The van der Waals surface area contributed by atoms with Gasteiger partial charge < -0.3 is 24.5 Å². The van der Waals surface area contributed by atoms with E-state index in [1.807, 2.05) is 24.3 Å². The fraction of sp³-hybridized carbons (Fsp3) is 0.464. The number of carbonyl (C=O) groups excluding carboxylic acids is 2. The molecule has 0 radical (unpaired) electrons. The Labute approximate surface area is 213 Å². The van der Waals surface area contributed by atoms with Crippen LogP contribution in [0.5, 0.6) is 0 Å². The van der Waals surface area contributed by atoms with Gasteiger partial charge >= 0.3 is 12.1 Å². The summed E-state index contributed by atoms with van der Waals surface area (Å²) in [4.78, 5) is 37.5. The Balaban J connectivity index is 1.44. The average Bonchev–Trinajstić information content (AvgIpc) is 3.14. The van der Waals surface area contributed by atoms with Crippen LogP contribution in [0.15, 0.2) is 48.5 Å². The highest BCUT2D eigenvalue weighted by atomic mass is 16.5. The molecule has 1 aliphatic rings. The van der Waals surface area contributed by atoms with Gasteiger partial charge in [-0.05, 0) is 41.5 Å². The highest BCUT2D eigenvalue weighted by Crippen LogP contribution is 2.44. The molecule has 8 heteroatoms. The molecule has 3 rings (SSSR count). The average molecular weight is 497 g/mol. The second kappa shape index (κ2) is 12.5. The number of alkyl carbamates (subject to hydrolysis) is 1. The van der Waals surface area contributed by atoms with Crippen LogP contribution in [0.4, 0.5) is 4.79 Å². The van der Waals surface area contributed by atoms with E-state index in [0.717, 1.165) is 52.5 Å². The van der Waals surface area contributed by atoms with Crippen molar-refractivity contribution in [3.8, 4) is 11.1 Å². The third-order valence-corrected chi connectivity index (χ3v) is 6.39. The van der Waals surface area contributed by atoms with Crippen molar-refractivity contribution in [2.24, 2.45) is 0 Å². The maximum Gasteiger partial charge on any atom is 0.407 e. The lowest BCUT2D eigenvalue weighted by Gasteiger charge is -2.24. The molecule has 8 nitrogen and oxygen atoms in total. The molecule has 0 bridgehead atoms. The van der Waals surface area contributed by atoms with E-state index >= 15 is 0 Å². The van der Waals surface area contributed by atoms with Crippen LogP contribution in [-0.2, 0) is 14.3 Å². The number of aliphatic carboxylic acids is 1. The number of unbranched alkanes of at least 4 members (excludes halogenated alkanes) is 2. The monoisotopic (exact) mass is 496 g/mol. The summed E-state index contributed by atoms with van der Waals surface area (Å²) in [5.41, 5.74) is 4.57. The van der Waals surface area contributed by atoms with Gasteiger partial charge in [0.2, 0.25) is 5.91 Å². The smallest absolute Gasteiger partial charge is 0.407 e. The zero-order valence-corrected chi connectivity index (χ0v) is 21.5. The first kappa shape index (κ1) is 27.2. The molecule has 2 amide bonds. The van der Waals surface area contributed by atoms with Crippen LogP contribution >= 0.6 is 0 Å². The van der Waals surface area contributed by atoms with Crippen LogP contribution in [0, 0.1) is 0 Å². The van der Waals surface area contributed by atoms with Crippen LogP contribution in [0.2, 0.25) is 0 Å². The van der Waals surface area contributed by atoms with Gasteiger partial charge in [-0.25, -0.2) is 4.79 Å². The number of quaternary nitrogens is 1. The SMILES string of the molecule is C[N+](C)(C)CCCCCC(=O)N(CCNC(=O)OCC1c2ccccc2-c2ccccc21)CC(=O)O. The van der Waals surface area contributed by atoms with Gasteiger partial charge in [0.15, 0.2) is 0 Å². The number of hydrogen-bond donors (Lipinski definition) is 2. The van der Waals surface area contributed by atoms with E-state index in [-0.39, 0.29) is 38.1 Å². The molecular weight excluding hydrogens is 458 g/mol. The molecule has 2 aromatic rings. The van der Waals surface area contributed by atoms with Gasteiger partial charge in [0.05, 0.1) is 27.7 Å². The first-order chi connectivity index (χ1) is 17.2. The van der Waals surface area contributed by atoms with Crippen molar-refractivity contribution in [3.05, 3.63) is 59.7 Å². The second-order valence-electron chi connectivity index (χ2n) is 10.3. The first-order valence-corrected chi connectivity index (χ1v) is 12.5. The van der Waals surface area contributed by atoms with E-state index in [1.165, 1.54) is 4.90 Å². The summed E-state index contributed by atoms with van der Waals surface area (Å²) >= 11 is 0. The predicted molar refractivity (Wildman–Crippen MR) is 139 cm³/mol. The molecule has 0 spiro atoms. The Morgan fingerprint density at radius 1 is 0.944 bits per heavy atom. The van der Waals surface area contributed by atoms with Crippen LogP contribution in [0.3, 0.4) is 0 Å². The summed E-state index contributed by atoms with van der Waals surface area (Å²) in [7, 11) is 6.38. The minimum Gasteiger partial charge on any atom is -0.480 e. The first-order valence-electron chi connectivity index (χ1n) is 12.5. The molecule has 0 aromatic heterocycles. The largest absolute Gasteiger partial charge is 0.480 e. The molecule has 194 valence electrons. The Hall–Kier alpha value is -3.39. The fourth-order valence-electron chi connectivity index (χ4n) is 4.59. The molecule has 0 aliphatic heterocycles. The van der Waals surface area contributed by atoms with Gasteiger partial charge in [0, 0.05) is 25.4 Å². The van der Waals surface area contributed by atoms with Crippen molar-refractivity contribution in [1.29, 1.82) is 0 Å². The number of fused-ring (bicyclic) bond motifs is 3. The van der Waals surface area contributed by atoms with Crippen molar-refractivity contribution in [1.82, 2.24) is 10.2 Å². The van der Waals surface area contributed by atoms with E-state index in [2.05, 4.69) is 50.7 Å². The van der Waals surface area contributed by atoms with Gasteiger partial charge in [0.1, 0.15) is 13.2 Å². The van der Waals surface area contributed by atoms with E-state index in [4.69, 9.17) is 4.74 Å². The maximum atomic E-state index is 12.6. The number of nitrogens with one attached hydrogen (secondary N) is 1. The molecule has 0 unspecified atom stereocenters. The summed E-state index contributed by atoms with van der Waals surface area (Å²) in [6.07, 6.45) is 2.36. The molecular formula is C28H38N3O5+. The third-order valence-electron chi connectivity index (χ3n) is 6.39. The molecule has 36 heavy (non-hydrogen) atoms. The molecule has 0 saturated heterocycles. The molecule has 2 aromatic carbocycles. The van der Waals surface area contributed by atoms with Crippen LogP contribution < -0.4 is 5.32 Å². The van der Waals surface area contributed by atoms with E-state index in [9.17, 15) is 19.5 Å². The Morgan fingerprint density at radius 3 is 2.14 bits per heavy atom. The number of nitrogens with zero attached hydrogens (tertiary/aromatic N) is 2. The van der Waals surface area contributed by atoms with Gasteiger partial charge in [-0.1, -0.05) is 48.5 Å². The van der Waals surface area contributed by atoms with Crippen LogP contribution in [-0.4, -0.2) is 86.4 Å². The van der Waals surface area contributed by atoms with Gasteiger partial charge in [-0.2, -0.15) is 0 Å². The normalized spacial score (nSPS) is 12.5. The van der Waals surface area contributed by atoms with Gasteiger partial charge in [-0.3, -0.25) is 9.59 Å². The highest BCUT2D eigenvalue weighted by molar-refractivity contribution is 5.81. The lowest BCUT2D eigenvalue weighted by molar-refractivity contribution is -0.870. The summed E-state index contributed by atoms with van der Waals surface area (Å²) in [5.74, 6) is -1.32. The summed E-state index contributed by atoms with van der Waals surface area (Å²) in [6.45, 7) is 1.08. The molecule has 0 atom stereocenters. The van der Waals surface area contributed by atoms with Crippen LogP contribution in [0.25, 0.3) is 11.1 Å². The Bertz CT molecular complexity index is 1020. The lowest BCUT2D eigenvalue weighted by atomic mass is 9.98. The molecule has 0 heterocycles. The molecule has 2 N–H and O–H groups in total. The predicted octanol–water partition coefficient (Wildman–Crippen LogP) is 3.70. The third kappa shape index (κ3) is 7.81. The van der Waals surface area contributed by atoms with Crippen molar-refractivity contribution < 1.29 is 28.7 Å². The molecule has 0 fully saturated rings. The maximum absolute atomic E-state index is 12.6. The van der Waals surface area contributed by atoms with Crippen molar-refractivity contribution in [2.45, 2.75) is 31.6 Å². The zero-order valence-electron chi connectivity index (χ0n) is 21.5. The Kier molecular flexibility index (Phi) is 9.47. The van der Waals surface area contributed by atoms with E-state index < -0.39 is 12.1 Å². The minimum absolute atomic E-state index is 0.0367. The Morgan fingerprint density at radius 2 is 1.56 bits per heavy atom. The van der Waals surface area contributed by atoms with E-state index in [0.29, 0.717) is 6.42 Å².